The molecule has 0 unspecified atom stereocenters. The van der Waals surface area contributed by atoms with Crippen LogP contribution in [0.2, 0.25) is 0 Å². The van der Waals surface area contributed by atoms with Crippen LogP contribution in [0.4, 0.5) is 0 Å². The van der Waals surface area contributed by atoms with E-state index in [4.69, 9.17) is 11.6 Å². The number of fused-ring (bicyclic) bond motifs is 1. The first-order valence-electron chi connectivity index (χ1n) is 7.40. The molecule has 2 aromatic rings. The smallest absolute Gasteiger partial charge is 0.242 e. The lowest BCUT2D eigenvalue weighted by molar-refractivity contribution is -0.131. The Morgan fingerprint density at radius 3 is 2.67 bits per heavy atom. The summed E-state index contributed by atoms with van der Waals surface area (Å²) < 4.78 is 2.00. The van der Waals surface area contributed by atoms with E-state index in [0.717, 1.165) is 29.9 Å². The highest BCUT2D eigenvalue weighted by molar-refractivity contribution is 6.17. The van der Waals surface area contributed by atoms with Gasteiger partial charge in [0.2, 0.25) is 5.91 Å². The number of halogens is 1. The van der Waals surface area contributed by atoms with Gasteiger partial charge in [0, 0.05) is 25.4 Å². The number of aryl methyl sites for hydroxylation is 2. The Kier molecular flexibility index (Phi) is 5.23. The number of benzene rings is 1. The monoisotopic (exact) mass is 307 g/mol. The number of hydrogen-bond acceptors (Lipinski definition) is 2. The van der Waals surface area contributed by atoms with E-state index in [1.165, 1.54) is 5.56 Å². The summed E-state index contributed by atoms with van der Waals surface area (Å²) in [4.78, 5) is 18.9. The number of aromatic nitrogens is 2. The molecule has 4 nitrogen and oxygen atoms in total. The SMILES string of the molecule is CCN(CC)C(=O)Cn1c(CCCl)nc2cc(C)ccc21. The zero-order valence-corrected chi connectivity index (χ0v) is 13.7. The standard InChI is InChI=1S/C16H22ClN3O/c1-4-19(5-2)16(21)11-20-14-7-6-12(3)10-13(14)18-15(20)8-9-17/h6-7,10H,4-5,8-9,11H2,1-3H3. The minimum Gasteiger partial charge on any atom is -0.342 e. The predicted octanol–water partition coefficient (Wildman–Crippen LogP) is 2.99. The van der Waals surface area contributed by atoms with Crippen LogP contribution in [0.3, 0.4) is 0 Å². The van der Waals surface area contributed by atoms with Crippen molar-refractivity contribution in [2.24, 2.45) is 0 Å². The van der Waals surface area contributed by atoms with Gasteiger partial charge in [-0.15, -0.1) is 11.6 Å². The fourth-order valence-corrected chi connectivity index (χ4v) is 2.72. The number of imidazole rings is 1. The molecule has 0 N–H and O–H groups in total. The normalized spacial score (nSPS) is 11.0. The second-order valence-corrected chi connectivity index (χ2v) is 5.49. The fraction of sp³-hybridized carbons (Fsp3) is 0.500. The maximum atomic E-state index is 12.4. The van der Waals surface area contributed by atoms with Gasteiger partial charge >= 0.3 is 0 Å². The van der Waals surface area contributed by atoms with E-state index in [1.54, 1.807) is 0 Å². The van der Waals surface area contributed by atoms with Gasteiger partial charge < -0.3 is 9.47 Å². The van der Waals surface area contributed by atoms with Crippen LogP contribution in [-0.2, 0) is 17.8 Å². The molecule has 0 spiro atoms. The molecule has 0 bridgehead atoms. The van der Waals surface area contributed by atoms with Crippen LogP contribution in [0.25, 0.3) is 11.0 Å². The maximum Gasteiger partial charge on any atom is 0.242 e. The van der Waals surface area contributed by atoms with E-state index < -0.39 is 0 Å². The van der Waals surface area contributed by atoms with Crippen LogP contribution in [0.15, 0.2) is 18.2 Å². The van der Waals surface area contributed by atoms with E-state index >= 15 is 0 Å². The first-order valence-corrected chi connectivity index (χ1v) is 7.93. The lowest BCUT2D eigenvalue weighted by atomic mass is 10.2. The van der Waals surface area contributed by atoms with Gasteiger partial charge in [-0.2, -0.15) is 0 Å². The summed E-state index contributed by atoms with van der Waals surface area (Å²) in [6.07, 6.45) is 0.667. The predicted molar refractivity (Wildman–Crippen MR) is 86.8 cm³/mol. The molecule has 0 atom stereocenters. The Bertz CT molecular complexity index is 632. The number of amides is 1. The first kappa shape index (κ1) is 15.8. The molecule has 0 aliphatic carbocycles. The van der Waals surface area contributed by atoms with E-state index in [0.29, 0.717) is 18.8 Å². The Morgan fingerprint density at radius 2 is 2.05 bits per heavy atom. The molecule has 0 aliphatic heterocycles. The topological polar surface area (TPSA) is 38.1 Å². The molecule has 5 heteroatoms. The van der Waals surface area contributed by atoms with Gasteiger partial charge in [0.1, 0.15) is 12.4 Å². The third kappa shape index (κ3) is 3.38. The van der Waals surface area contributed by atoms with Crippen LogP contribution in [-0.4, -0.2) is 39.3 Å². The first-order chi connectivity index (χ1) is 10.1. The Labute approximate surface area is 130 Å². The summed E-state index contributed by atoms with van der Waals surface area (Å²) in [5.74, 6) is 1.50. The molecule has 0 saturated carbocycles. The highest BCUT2D eigenvalue weighted by Crippen LogP contribution is 2.19. The molecular weight excluding hydrogens is 286 g/mol. The van der Waals surface area contributed by atoms with Crippen molar-refractivity contribution in [1.29, 1.82) is 0 Å². The molecule has 114 valence electrons. The van der Waals surface area contributed by atoms with Crippen LogP contribution >= 0.6 is 11.6 Å². The Balaban J connectivity index is 2.40. The van der Waals surface area contributed by atoms with Crippen molar-refractivity contribution in [2.75, 3.05) is 19.0 Å². The molecule has 0 saturated heterocycles. The summed E-state index contributed by atoms with van der Waals surface area (Å²) in [6, 6.07) is 6.13. The van der Waals surface area contributed by atoms with E-state index in [9.17, 15) is 4.79 Å². The number of hydrogen-bond donors (Lipinski definition) is 0. The number of carbonyl (C=O) groups is 1. The molecular formula is C16H22ClN3O. The summed E-state index contributed by atoms with van der Waals surface area (Å²) in [7, 11) is 0. The lowest BCUT2D eigenvalue weighted by Crippen LogP contribution is -2.33. The fourth-order valence-electron chi connectivity index (χ4n) is 2.55. The average Bonchev–Trinajstić information content (AvgIpc) is 2.77. The number of likely N-dealkylation sites (N-methyl/N-ethyl adjacent to an activating group) is 1. The third-order valence-corrected chi connectivity index (χ3v) is 3.90. The molecule has 1 heterocycles. The van der Waals surface area contributed by atoms with Gasteiger partial charge in [-0.3, -0.25) is 4.79 Å². The summed E-state index contributed by atoms with van der Waals surface area (Å²) in [6.45, 7) is 7.82. The number of nitrogens with zero attached hydrogens (tertiary/aromatic N) is 3. The third-order valence-electron chi connectivity index (χ3n) is 3.71. The number of alkyl halides is 1. The van der Waals surface area contributed by atoms with E-state index in [2.05, 4.69) is 4.98 Å². The second-order valence-electron chi connectivity index (χ2n) is 5.11. The molecule has 0 radical (unpaired) electrons. The van der Waals surface area contributed by atoms with Gasteiger partial charge in [0.05, 0.1) is 11.0 Å². The molecule has 1 amide bonds. The van der Waals surface area contributed by atoms with E-state index in [-0.39, 0.29) is 5.91 Å². The Morgan fingerprint density at radius 1 is 1.33 bits per heavy atom. The molecule has 1 aromatic heterocycles. The van der Waals surface area contributed by atoms with Crippen molar-refractivity contribution in [1.82, 2.24) is 14.5 Å². The van der Waals surface area contributed by atoms with Crippen LogP contribution < -0.4 is 0 Å². The van der Waals surface area contributed by atoms with Gasteiger partial charge in [0.15, 0.2) is 0 Å². The van der Waals surface area contributed by atoms with Crippen molar-refractivity contribution in [3.8, 4) is 0 Å². The molecule has 1 aromatic carbocycles. The van der Waals surface area contributed by atoms with Crippen LogP contribution in [0.1, 0.15) is 25.2 Å². The summed E-state index contributed by atoms with van der Waals surface area (Å²) in [5, 5.41) is 0. The molecule has 0 aliphatic rings. The molecule has 2 rings (SSSR count). The highest BCUT2D eigenvalue weighted by Gasteiger charge is 2.16. The quantitative estimate of drug-likeness (QED) is 0.770. The Hall–Kier alpha value is -1.55. The van der Waals surface area contributed by atoms with Gasteiger partial charge in [-0.1, -0.05) is 6.07 Å². The largest absolute Gasteiger partial charge is 0.342 e. The minimum absolute atomic E-state index is 0.121. The van der Waals surface area contributed by atoms with Crippen LogP contribution in [0.5, 0.6) is 0 Å². The van der Waals surface area contributed by atoms with Crippen molar-refractivity contribution in [3.05, 3.63) is 29.6 Å². The van der Waals surface area contributed by atoms with Crippen molar-refractivity contribution < 1.29 is 4.79 Å². The zero-order valence-electron chi connectivity index (χ0n) is 12.9. The minimum atomic E-state index is 0.121. The summed E-state index contributed by atoms with van der Waals surface area (Å²) in [5.41, 5.74) is 3.10. The summed E-state index contributed by atoms with van der Waals surface area (Å²) >= 11 is 5.87. The average molecular weight is 308 g/mol. The zero-order chi connectivity index (χ0) is 15.4. The second kappa shape index (κ2) is 6.94. The van der Waals surface area contributed by atoms with Gasteiger partial charge in [-0.05, 0) is 38.5 Å². The van der Waals surface area contributed by atoms with Crippen LogP contribution in [0, 0.1) is 6.92 Å². The lowest BCUT2D eigenvalue weighted by Gasteiger charge is -2.19. The molecule has 21 heavy (non-hydrogen) atoms. The number of carbonyl (C=O) groups excluding carboxylic acids is 1. The maximum absolute atomic E-state index is 12.4. The van der Waals surface area contributed by atoms with Gasteiger partial charge in [-0.25, -0.2) is 4.98 Å². The highest BCUT2D eigenvalue weighted by atomic mass is 35.5. The molecule has 0 fully saturated rings. The van der Waals surface area contributed by atoms with Crippen molar-refractivity contribution >= 4 is 28.5 Å². The van der Waals surface area contributed by atoms with Crippen molar-refractivity contribution in [2.45, 2.75) is 33.7 Å². The van der Waals surface area contributed by atoms with Crippen molar-refractivity contribution in [3.63, 3.8) is 0 Å². The van der Waals surface area contributed by atoms with E-state index in [1.807, 2.05) is 48.4 Å². The van der Waals surface area contributed by atoms with Gasteiger partial charge in [0.25, 0.3) is 0 Å². The number of rotatable bonds is 6.